The Morgan fingerprint density at radius 1 is 1.21 bits per heavy atom. The lowest BCUT2D eigenvalue weighted by atomic mass is 9.99. The lowest BCUT2D eigenvalue weighted by molar-refractivity contribution is 0.0683. The van der Waals surface area contributed by atoms with Crippen LogP contribution in [0.3, 0.4) is 0 Å². The molecule has 4 nitrogen and oxygen atoms in total. The molecule has 1 aliphatic heterocycles. The summed E-state index contributed by atoms with van der Waals surface area (Å²) in [5.41, 5.74) is 2.64. The largest absolute Gasteiger partial charge is 0.338 e. The van der Waals surface area contributed by atoms with E-state index >= 15 is 0 Å². The Kier molecular flexibility index (Phi) is 3.81. The van der Waals surface area contributed by atoms with Crippen LogP contribution < -0.4 is 0 Å². The van der Waals surface area contributed by atoms with Crippen LogP contribution >= 0.6 is 0 Å². The third-order valence-electron chi connectivity index (χ3n) is 4.75. The smallest absolute Gasteiger partial charge is 0.255 e. The van der Waals surface area contributed by atoms with Gasteiger partial charge in [0.2, 0.25) is 0 Å². The molecule has 24 heavy (non-hydrogen) atoms. The number of piperidine rings is 1. The second-order valence-electron chi connectivity index (χ2n) is 6.66. The van der Waals surface area contributed by atoms with Gasteiger partial charge < -0.3 is 9.47 Å². The van der Waals surface area contributed by atoms with Crippen LogP contribution in [0.4, 0.5) is 0 Å². The SMILES string of the molecule is C[C@H]1CCCN(C(=O)c2cnc3c(ccn3-c3ccccc3)c2)C1. The molecule has 0 bridgehead atoms. The van der Waals surface area contributed by atoms with E-state index in [1.165, 1.54) is 6.42 Å². The lowest BCUT2D eigenvalue weighted by Crippen LogP contribution is -2.39. The van der Waals surface area contributed by atoms with Crippen LogP contribution in [0.15, 0.2) is 54.9 Å². The van der Waals surface area contributed by atoms with Crippen LogP contribution in [0, 0.1) is 5.92 Å². The summed E-state index contributed by atoms with van der Waals surface area (Å²) in [5.74, 6) is 0.682. The molecule has 0 saturated carbocycles. The van der Waals surface area contributed by atoms with Crippen molar-refractivity contribution in [3.63, 3.8) is 0 Å². The van der Waals surface area contributed by atoms with Gasteiger partial charge >= 0.3 is 0 Å². The average Bonchev–Trinajstić information content (AvgIpc) is 3.05. The number of hydrogen-bond acceptors (Lipinski definition) is 2. The van der Waals surface area contributed by atoms with Crippen molar-refractivity contribution in [3.8, 4) is 5.69 Å². The first-order valence-electron chi connectivity index (χ1n) is 8.54. The van der Waals surface area contributed by atoms with Crippen LogP contribution in [0.2, 0.25) is 0 Å². The molecule has 1 aliphatic rings. The highest BCUT2D eigenvalue weighted by atomic mass is 16.2. The molecular formula is C20H21N3O. The van der Waals surface area contributed by atoms with Gasteiger partial charge in [0.15, 0.2) is 0 Å². The molecule has 0 aliphatic carbocycles. The summed E-state index contributed by atoms with van der Waals surface area (Å²) in [5, 5.41) is 0.995. The van der Waals surface area contributed by atoms with Crippen LogP contribution in [0.5, 0.6) is 0 Å². The van der Waals surface area contributed by atoms with Gasteiger partial charge in [0.1, 0.15) is 5.65 Å². The fourth-order valence-corrected chi connectivity index (χ4v) is 3.49. The van der Waals surface area contributed by atoms with E-state index in [2.05, 4.69) is 24.0 Å². The molecular weight excluding hydrogens is 298 g/mol. The highest BCUT2D eigenvalue weighted by Gasteiger charge is 2.22. The van der Waals surface area contributed by atoms with E-state index in [1.54, 1.807) is 6.20 Å². The highest BCUT2D eigenvalue weighted by molar-refractivity contribution is 5.97. The van der Waals surface area contributed by atoms with Crippen molar-refractivity contribution in [2.24, 2.45) is 5.92 Å². The molecule has 0 radical (unpaired) electrons. The number of pyridine rings is 1. The summed E-state index contributed by atoms with van der Waals surface area (Å²) in [6.07, 6.45) is 6.02. The van der Waals surface area contributed by atoms with Crippen LogP contribution in [-0.4, -0.2) is 33.4 Å². The molecule has 1 fully saturated rings. The predicted molar refractivity (Wildman–Crippen MR) is 95.4 cm³/mol. The summed E-state index contributed by atoms with van der Waals surface area (Å²) in [4.78, 5) is 19.3. The van der Waals surface area contributed by atoms with Crippen molar-refractivity contribution in [2.75, 3.05) is 13.1 Å². The third-order valence-corrected chi connectivity index (χ3v) is 4.75. The number of para-hydroxylation sites is 1. The van der Waals surface area contributed by atoms with E-state index in [1.807, 2.05) is 46.0 Å². The molecule has 1 aromatic carbocycles. The number of carbonyl (C=O) groups excluding carboxylic acids is 1. The summed E-state index contributed by atoms with van der Waals surface area (Å²) in [6, 6.07) is 14.1. The third kappa shape index (κ3) is 2.68. The van der Waals surface area contributed by atoms with Gasteiger partial charge in [-0.2, -0.15) is 0 Å². The Bertz CT molecular complexity index is 869. The van der Waals surface area contributed by atoms with Gasteiger partial charge in [-0.05, 0) is 43.0 Å². The molecule has 0 unspecified atom stereocenters. The molecule has 2 aromatic heterocycles. The monoisotopic (exact) mass is 319 g/mol. The maximum atomic E-state index is 12.7. The molecule has 1 atom stereocenters. The zero-order valence-electron chi connectivity index (χ0n) is 13.9. The molecule has 4 heteroatoms. The second kappa shape index (κ2) is 6.11. The Labute approximate surface area is 141 Å². The number of carbonyl (C=O) groups is 1. The molecule has 0 spiro atoms. The summed E-state index contributed by atoms with van der Waals surface area (Å²) in [7, 11) is 0. The van der Waals surface area contributed by atoms with Gasteiger partial charge in [-0.3, -0.25) is 4.79 Å². The molecule has 3 aromatic rings. The number of amides is 1. The Morgan fingerprint density at radius 2 is 2.04 bits per heavy atom. The molecule has 1 saturated heterocycles. The number of rotatable bonds is 2. The topological polar surface area (TPSA) is 38.1 Å². The van der Waals surface area contributed by atoms with E-state index in [9.17, 15) is 4.79 Å². The molecule has 0 N–H and O–H groups in total. The normalized spacial score (nSPS) is 18.0. The van der Waals surface area contributed by atoms with Gasteiger partial charge in [-0.1, -0.05) is 25.1 Å². The van der Waals surface area contributed by atoms with Gasteiger partial charge in [-0.25, -0.2) is 4.98 Å². The molecule has 3 heterocycles. The quantitative estimate of drug-likeness (QED) is 0.718. The van der Waals surface area contributed by atoms with E-state index in [4.69, 9.17) is 0 Å². The number of benzene rings is 1. The van der Waals surface area contributed by atoms with Gasteiger partial charge in [0.25, 0.3) is 5.91 Å². The van der Waals surface area contributed by atoms with E-state index in [0.717, 1.165) is 36.2 Å². The minimum absolute atomic E-state index is 0.100. The summed E-state index contributed by atoms with van der Waals surface area (Å²) < 4.78 is 2.05. The predicted octanol–water partition coefficient (Wildman–Crippen LogP) is 3.90. The van der Waals surface area contributed by atoms with Crippen molar-refractivity contribution in [2.45, 2.75) is 19.8 Å². The number of likely N-dealkylation sites (tertiary alicyclic amines) is 1. The maximum absolute atomic E-state index is 12.7. The van der Waals surface area contributed by atoms with Crippen molar-refractivity contribution < 1.29 is 4.79 Å². The standard InChI is InChI=1S/C20H21N3O/c1-15-6-5-10-22(14-15)20(24)17-12-16-9-11-23(19(16)21-13-17)18-7-3-2-4-8-18/h2-4,7-9,11-13,15H,5-6,10,14H2,1H3/t15-/m0/s1. The van der Waals surface area contributed by atoms with E-state index < -0.39 is 0 Å². The molecule has 4 rings (SSSR count). The van der Waals surface area contributed by atoms with Gasteiger partial charge in [-0.15, -0.1) is 0 Å². The maximum Gasteiger partial charge on any atom is 0.255 e. The molecule has 1 amide bonds. The van der Waals surface area contributed by atoms with Crippen molar-refractivity contribution >= 4 is 16.9 Å². The second-order valence-corrected chi connectivity index (χ2v) is 6.66. The zero-order valence-corrected chi connectivity index (χ0v) is 13.9. The fourth-order valence-electron chi connectivity index (χ4n) is 3.49. The Morgan fingerprint density at radius 3 is 2.83 bits per heavy atom. The summed E-state index contributed by atoms with van der Waals surface area (Å²) in [6.45, 7) is 3.91. The molecule has 122 valence electrons. The summed E-state index contributed by atoms with van der Waals surface area (Å²) >= 11 is 0. The minimum atomic E-state index is 0.100. The van der Waals surface area contributed by atoms with Gasteiger partial charge in [0.05, 0.1) is 5.56 Å². The van der Waals surface area contributed by atoms with E-state index in [0.29, 0.717) is 11.5 Å². The number of aromatic nitrogens is 2. The Balaban J connectivity index is 1.66. The zero-order chi connectivity index (χ0) is 16.5. The van der Waals surface area contributed by atoms with Crippen LogP contribution in [0.1, 0.15) is 30.1 Å². The van der Waals surface area contributed by atoms with Crippen LogP contribution in [-0.2, 0) is 0 Å². The Hall–Kier alpha value is -2.62. The first-order valence-corrected chi connectivity index (χ1v) is 8.54. The van der Waals surface area contributed by atoms with Crippen LogP contribution in [0.25, 0.3) is 16.7 Å². The lowest BCUT2D eigenvalue weighted by Gasteiger charge is -2.30. The average molecular weight is 319 g/mol. The number of nitrogens with zero attached hydrogens (tertiary/aromatic N) is 3. The van der Waals surface area contributed by atoms with Crippen molar-refractivity contribution in [1.82, 2.24) is 14.5 Å². The minimum Gasteiger partial charge on any atom is -0.338 e. The van der Waals surface area contributed by atoms with Gasteiger partial charge in [0, 0.05) is 36.6 Å². The first-order chi connectivity index (χ1) is 11.7. The number of fused-ring (bicyclic) bond motifs is 1. The van der Waals surface area contributed by atoms with E-state index in [-0.39, 0.29) is 5.91 Å². The number of hydrogen-bond donors (Lipinski definition) is 0. The van der Waals surface area contributed by atoms with Crippen molar-refractivity contribution in [3.05, 3.63) is 60.4 Å². The fraction of sp³-hybridized carbons (Fsp3) is 0.300. The first kappa shape index (κ1) is 14.9. The highest BCUT2D eigenvalue weighted by Crippen LogP contribution is 2.22. The van der Waals surface area contributed by atoms with Crippen molar-refractivity contribution in [1.29, 1.82) is 0 Å².